The first-order valence-electron chi connectivity index (χ1n) is 8.29. The molecule has 0 bridgehead atoms. The molecule has 2 heterocycles. The van der Waals surface area contributed by atoms with E-state index in [4.69, 9.17) is 32.4 Å². The van der Waals surface area contributed by atoms with Gasteiger partial charge in [-0.3, -0.25) is 4.79 Å². The average Bonchev–Trinajstić information content (AvgIpc) is 3.32. The molecule has 0 aliphatic heterocycles. The molecule has 9 heteroatoms. The first-order valence-corrected chi connectivity index (χ1v) is 9.93. The molecule has 0 aliphatic rings. The fourth-order valence-corrected chi connectivity index (χ4v) is 3.54. The van der Waals surface area contributed by atoms with E-state index >= 15 is 0 Å². The van der Waals surface area contributed by atoms with Crippen molar-refractivity contribution >= 4 is 40.4 Å². The third kappa shape index (κ3) is 5.00. The van der Waals surface area contributed by atoms with Gasteiger partial charge >= 0.3 is 0 Å². The van der Waals surface area contributed by atoms with Gasteiger partial charge in [0.2, 0.25) is 5.89 Å². The summed E-state index contributed by atoms with van der Waals surface area (Å²) < 4.78 is 11.2. The number of para-hydroxylation sites is 1. The monoisotopic (exact) mass is 425 g/mol. The van der Waals surface area contributed by atoms with E-state index in [1.165, 1.54) is 11.3 Å². The fourth-order valence-electron chi connectivity index (χ4n) is 2.39. The van der Waals surface area contributed by atoms with Crippen molar-refractivity contribution in [3.8, 4) is 16.5 Å². The molecule has 142 valence electrons. The van der Waals surface area contributed by atoms with Crippen LogP contribution in [-0.2, 0) is 11.3 Å². The van der Waals surface area contributed by atoms with Gasteiger partial charge in [-0.15, -0.1) is 21.5 Å². The zero-order valence-corrected chi connectivity index (χ0v) is 16.9. The Hall–Kier alpha value is -2.09. The van der Waals surface area contributed by atoms with E-state index in [0.717, 1.165) is 11.3 Å². The van der Waals surface area contributed by atoms with Gasteiger partial charge in [-0.25, -0.2) is 0 Å². The number of carbonyl (C=O) groups is 1. The summed E-state index contributed by atoms with van der Waals surface area (Å²) in [6, 6.07) is 8.83. The number of carbonyl (C=O) groups excluding carboxylic acids is 1. The molecule has 0 saturated heterocycles. The number of halogens is 2. The van der Waals surface area contributed by atoms with Crippen molar-refractivity contribution in [3.63, 3.8) is 0 Å². The lowest BCUT2D eigenvalue weighted by Crippen LogP contribution is -2.35. The minimum atomic E-state index is -0.219. The van der Waals surface area contributed by atoms with Crippen molar-refractivity contribution in [3.05, 3.63) is 51.6 Å². The number of hydrogen-bond donors (Lipinski definition) is 0. The lowest BCUT2D eigenvalue weighted by atomic mass is 10.3. The van der Waals surface area contributed by atoms with E-state index in [9.17, 15) is 4.79 Å². The van der Waals surface area contributed by atoms with Crippen LogP contribution in [0.5, 0.6) is 5.75 Å². The van der Waals surface area contributed by atoms with Crippen LogP contribution in [0.4, 0.5) is 0 Å². The number of rotatable bonds is 8. The van der Waals surface area contributed by atoms with Gasteiger partial charge in [0, 0.05) is 6.54 Å². The minimum absolute atomic E-state index is 0.185. The van der Waals surface area contributed by atoms with Crippen LogP contribution in [0.25, 0.3) is 10.8 Å². The molecule has 0 unspecified atom stereocenters. The molecule has 0 N–H and O–H groups in total. The lowest BCUT2D eigenvalue weighted by Gasteiger charge is -2.20. The fraction of sp³-hybridized carbons (Fsp3) is 0.278. The lowest BCUT2D eigenvalue weighted by molar-refractivity contribution is -0.134. The van der Waals surface area contributed by atoms with Gasteiger partial charge in [-0.2, -0.15) is 0 Å². The molecule has 0 radical (unpaired) electrons. The maximum atomic E-state index is 12.6. The number of ether oxygens (including phenoxy) is 1. The summed E-state index contributed by atoms with van der Waals surface area (Å²) >= 11 is 13.6. The molecule has 0 aliphatic carbocycles. The predicted octanol–water partition coefficient (Wildman–Crippen LogP) is 4.92. The molecule has 1 amide bonds. The van der Waals surface area contributed by atoms with Gasteiger partial charge in [0.05, 0.1) is 21.5 Å². The highest BCUT2D eigenvalue weighted by atomic mass is 35.5. The number of thiophene rings is 1. The SMILES string of the molecule is CCCN(Cc1nnc(-c2cccs2)o1)C(=O)COc1c(Cl)cccc1Cl. The second kappa shape index (κ2) is 9.21. The van der Waals surface area contributed by atoms with E-state index in [1.54, 1.807) is 23.1 Å². The molecule has 0 saturated carbocycles. The van der Waals surface area contributed by atoms with Gasteiger partial charge in [0.1, 0.15) is 0 Å². The van der Waals surface area contributed by atoms with Crippen LogP contribution in [0.15, 0.2) is 40.1 Å². The molecular weight excluding hydrogens is 409 g/mol. The van der Waals surface area contributed by atoms with Crippen LogP contribution in [-0.4, -0.2) is 34.2 Å². The zero-order chi connectivity index (χ0) is 19.2. The first kappa shape index (κ1) is 19.7. The minimum Gasteiger partial charge on any atom is -0.481 e. The second-order valence-electron chi connectivity index (χ2n) is 5.63. The summed E-state index contributed by atoms with van der Waals surface area (Å²) in [5, 5.41) is 10.7. The number of benzene rings is 1. The molecule has 0 spiro atoms. The molecule has 2 aromatic heterocycles. The Labute approximate surface area is 170 Å². The highest BCUT2D eigenvalue weighted by Crippen LogP contribution is 2.32. The Morgan fingerprint density at radius 2 is 2.00 bits per heavy atom. The molecule has 3 aromatic rings. The zero-order valence-electron chi connectivity index (χ0n) is 14.5. The van der Waals surface area contributed by atoms with Crippen LogP contribution in [0.3, 0.4) is 0 Å². The van der Waals surface area contributed by atoms with Crippen molar-refractivity contribution < 1.29 is 13.9 Å². The molecule has 3 rings (SSSR count). The summed E-state index contributed by atoms with van der Waals surface area (Å²) in [6.45, 7) is 2.55. The van der Waals surface area contributed by atoms with Crippen LogP contribution in [0.1, 0.15) is 19.2 Å². The standard InChI is InChI=1S/C18H17Cl2N3O3S/c1-2-8-23(10-15-21-22-18(26-15)14-7-4-9-27-14)16(24)11-25-17-12(19)5-3-6-13(17)20/h3-7,9H,2,8,10-11H2,1H3. The van der Waals surface area contributed by atoms with Gasteiger partial charge in [-0.1, -0.05) is 42.3 Å². The van der Waals surface area contributed by atoms with Crippen LogP contribution in [0, 0.1) is 0 Å². The van der Waals surface area contributed by atoms with Crippen molar-refractivity contribution in [1.29, 1.82) is 0 Å². The largest absolute Gasteiger partial charge is 0.481 e. The van der Waals surface area contributed by atoms with E-state index in [-0.39, 0.29) is 19.1 Å². The van der Waals surface area contributed by atoms with Crippen molar-refractivity contribution in [2.75, 3.05) is 13.2 Å². The topological polar surface area (TPSA) is 68.5 Å². The number of nitrogens with zero attached hydrogens (tertiary/aromatic N) is 3. The van der Waals surface area contributed by atoms with E-state index in [2.05, 4.69) is 10.2 Å². The molecule has 27 heavy (non-hydrogen) atoms. The van der Waals surface area contributed by atoms with Crippen LogP contribution >= 0.6 is 34.5 Å². The third-order valence-electron chi connectivity index (χ3n) is 3.63. The maximum absolute atomic E-state index is 12.6. The first-order chi connectivity index (χ1) is 13.1. The van der Waals surface area contributed by atoms with Crippen molar-refractivity contribution in [1.82, 2.24) is 15.1 Å². The molecule has 0 fully saturated rings. The van der Waals surface area contributed by atoms with Gasteiger partial charge in [-0.05, 0) is 30.0 Å². The van der Waals surface area contributed by atoms with Gasteiger partial charge in [0.25, 0.3) is 11.8 Å². The predicted molar refractivity (Wildman–Crippen MR) is 105 cm³/mol. The Bertz CT molecular complexity index is 879. The quantitative estimate of drug-likeness (QED) is 0.511. The number of amides is 1. The summed E-state index contributed by atoms with van der Waals surface area (Å²) in [4.78, 5) is 15.1. The molecule has 1 aromatic carbocycles. The molecule has 6 nitrogen and oxygen atoms in total. The molecular formula is C18H17Cl2N3O3S. The van der Waals surface area contributed by atoms with Crippen LogP contribution < -0.4 is 4.74 Å². The van der Waals surface area contributed by atoms with E-state index in [1.807, 2.05) is 24.4 Å². The Kier molecular flexibility index (Phi) is 6.71. The second-order valence-corrected chi connectivity index (χ2v) is 7.40. The van der Waals surface area contributed by atoms with Gasteiger partial charge in [0.15, 0.2) is 12.4 Å². The average molecular weight is 426 g/mol. The number of aromatic nitrogens is 2. The smallest absolute Gasteiger partial charge is 0.260 e. The van der Waals surface area contributed by atoms with E-state index in [0.29, 0.717) is 34.1 Å². The number of hydrogen-bond acceptors (Lipinski definition) is 6. The van der Waals surface area contributed by atoms with Crippen LogP contribution in [0.2, 0.25) is 10.0 Å². The molecule has 0 atom stereocenters. The van der Waals surface area contributed by atoms with Crippen molar-refractivity contribution in [2.24, 2.45) is 0 Å². The normalized spacial score (nSPS) is 10.8. The third-order valence-corrected chi connectivity index (χ3v) is 5.08. The summed E-state index contributed by atoms with van der Waals surface area (Å²) in [5.74, 6) is 0.895. The highest BCUT2D eigenvalue weighted by Gasteiger charge is 2.19. The Morgan fingerprint density at radius 1 is 1.22 bits per heavy atom. The van der Waals surface area contributed by atoms with Crippen molar-refractivity contribution in [2.45, 2.75) is 19.9 Å². The summed E-state index contributed by atoms with van der Waals surface area (Å²) in [5.41, 5.74) is 0. The summed E-state index contributed by atoms with van der Waals surface area (Å²) in [6.07, 6.45) is 0.782. The summed E-state index contributed by atoms with van der Waals surface area (Å²) in [7, 11) is 0. The van der Waals surface area contributed by atoms with E-state index < -0.39 is 0 Å². The van der Waals surface area contributed by atoms with Gasteiger partial charge < -0.3 is 14.1 Å². The maximum Gasteiger partial charge on any atom is 0.260 e. The Balaban J connectivity index is 1.65. The highest BCUT2D eigenvalue weighted by molar-refractivity contribution is 7.13. The Morgan fingerprint density at radius 3 is 2.67 bits per heavy atom.